The SMILES string of the molecule is CC(C)=CCN1C(=O)[C@H]2CC[C@@H]1CN(C(=O)c1cnc3ccccc3c1)C2. The minimum atomic E-state index is -0.0910. The molecule has 0 N–H and O–H groups in total. The lowest BCUT2D eigenvalue weighted by molar-refractivity contribution is -0.139. The Labute approximate surface area is 159 Å². The first kappa shape index (κ1) is 17.7. The Morgan fingerprint density at radius 3 is 2.85 bits per heavy atom. The fourth-order valence-electron chi connectivity index (χ4n) is 4.10. The van der Waals surface area contributed by atoms with E-state index >= 15 is 0 Å². The largest absolute Gasteiger partial charge is 0.336 e. The maximum Gasteiger partial charge on any atom is 0.255 e. The van der Waals surface area contributed by atoms with E-state index in [0.29, 0.717) is 25.2 Å². The van der Waals surface area contributed by atoms with Crippen molar-refractivity contribution in [3.05, 3.63) is 53.7 Å². The van der Waals surface area contributed by atoms with E-state index in [1.54, 1.807) is 6.20 Å². The van der Waals surface area contributed by atoms with Crippen molar-refractivity contribution in [3.63, 3.8) is 0 Å². The maximum atomic E-state index is 13.1. The van der Waals surface area contributed by atoms with Crippen LogP contribution in [-0.2, 0) is 4.79 Å². The second kappa shape index (κ2) is 7.14. The Kier molecular flexibility index (Phi) is 4.68. The van der Waals surface area contributed by atoms with E-state index in [4.69, 9.17) is 0 Å². The van der Waals surface area contributed by atoms with Gasteiger partial charge in [0, 0.05) is 37.3 Å². The molecule has 0 radical (unpaired) electrons. The van der Waals surface area contributed by atoms with E-state index in [2.05, 4.69) is 11.1 Å². The standard InChI is InChI=1S/C22H25N3O2/c1-15(2)9-10-25-19-8-7-17(22(25)27)13-24(14-19)21(26)18-11-16-5-3-4-6-20(16)23-12-18/h3-6,9,11-12,17,19H,7-8,10,13-14H2,1-2H3/t17-,19+/m0/s1. The van der Waals surface area contributed by atoms with Gasteiger partial charge in [0.25, 0.3) is 5.91 Å². The molecule has 140 valence electrons. The molecule has 1 aromatic heterocycles. The number of carbonyl (C=O) groups excluding carboxylic acids is 2. The fraction of sp³-hybridized carbons (Fsp3) is 0.409. The summed E-state index contributed by atoms with van der Waals surface area (Å²) in [5, 5.41) is 0.961. The molecule has 0 aliphatic carbocycles. The van der Waals surface area contributed by atoms with Crippen molar-refractivity contribution in [3.8, 4) is 0 Å². The molecule has 27 heavy (non-hydrogen) atoms. The molecule has 1 aromatic carbocycles. The lowest BCUT2D eigenvalue weighted by atomic mass is 9.94. The summed E-state index contributed by atoms with van der Waals surface area (Å²) in [4.78, 5) is 34.2. The van der Waals surface area contributed by atoms with Crippen LogP contribution in [-0.4, -0.2) is 52.3 Å². The van der Waals surface area contributed by atoms with Gasteiger partial charge in [-0.15, -0.1) is 0 Å². The third-order valence-corrected chi connectivity index (χ3v) is 5.61. The molecule has 3 aliphatic heterocycles. The Morgan fingerprint density at radius 1 is 1.22 bits per heavy atom. The number of pyridine rings is 1. The molecule has 2 aromatic rings. The smallest absolute Gasteiger partial charge is 0.255 e. The van der Waals surface area contributed by atoms with Crippen LogP contribution in [0.4, 0.5) is 0 Å². The summed E-state index contributed by atoms with van der Waals surface area (Å²) in [6.45, 7) is 5.84. The summed E-state index contributed by atoms with van der Waals surface area (Å²) in [6, 6.07) is 9.80. The zero-order chi connectivity index (χ0) is 19.0. The molecule has 4 heterocycles. The summed E-state index contributed by atoms with van der Waals surface area (Å²) in [5.41, 5.74) is 2.68. The number of allylic oxidation sites excluding steroid dienone is 1. The van der Waals surface area contributed by atoms with Gasteiger partial charge in [-0.05, 0) is 38.8 Å². The van der Waals surface area contributed by atoms with E-state index in [1.807, 2.05) is 54.0 Å². The van der Waals surface area contributed by atoms with Gasteiger partial charge in [0.1, 0.15) is 0 Å². The van der Waals surface area contributed by atoms with Gasteiger partial charge in [0.2, 0.25) is 5.91 Å². The van der Waals surface area contributed by atoms with Crippen LogP contribution < -0.4 is 0 Å². The van der Waals surface area contributed by atoms with Crippen LogP contribution in [0.1, 0.15) is 37.0 Å². The van der Waals surface area contributed by atoms with Crippen molar-refractivity contribution in [1.82, 2.24) is 14.8 Å². The highest BCUT2D eigenvalue weighted by atomic mass is 16.2. The number of aromatic nitrogens is 1. The lowest BCUT2D eigenvalue weighted by Gasteiger charge is -2.35. The van der Waals surface area contributed by atoms with Crippen LogP contribution in [0.2, 0.25) is 0 Å². The second-order valence-electron chi connectivity index (χ2n) is 7.83. The van der Waals surface area contributed by atoms with Crippen molar-refractivity contribution >= 4 is 22.7 Å². The van der Waals surface area contributed by atoms with Gasteiger partial charge in [-0.2, -0.15) is 0 Å². The van der Waals surface area contributed by atoms with Crippen molar-refractivity contribution in [2.75, 3.05) is 19.6 Å². The number of rotatable bonds is 3. The summed E-state index contributed by atoms with van der Waals surface area (Å²) >= 11 is 0. The van der Waals surface area contributed by atoms with Gasteiger partial charge >= 0.3 is 0 Å². The molecule has 0 saturated carbocycles. The summed E-state index contributed by atoms with van der Waals surface area (Å²) in [5.74, 6) is 0.0735. The molecule has 5 heteroatoms. The number of piperidine rings is 1. The number of hydrogen-bond donors (Lipinski definition) is 0. The molecule has 3 saturated heterocycles. The number of hydrogen-bond acceptors (Lipinski definition) is 3. The van der Waals surface area contributed by atoms with E-state index in [1.165, 1.54) is 5.57 Å². The molecular formula is C22H25N3O2. The Balaban J connectivity index is 1.58. The van der Waals surface area contributed by atoms with E-state index in [9.17, 15) is 9.59 Å². The minimum Gasteiger partial charge on any atom is -0.336 e. The molecular weight excluding hydrogens is 338 g/mol. The third-order valence-electron chi connectivity index (χ3n) is 5.61. The monoisotopic (exact) mass is 363 g/mol. The predicted molar refractivity (Wildman–Crippen MR) is 105 cm³/mol. The van der Waals surface area contributed by atoms with E-state index in [-0.39, 0.29) is 23.8 Å². The fourth-order valence-corrected chi connectivity index (χ4v) is 4.10. The number of fused-ring (bicyclic) bond motifs is 5. The number of nitrogens with zero attached hydrogens (tertiary/aromatic N) is 3. The van der Waals surface area contributed by atoms with Crippen LogP contribution in [0, 0.1) is 5.92 Å². The van der Waals surface area contributed by atoms with Crippen molar-refractivity contribution in [1.29, 1.82) is 0 Å². The van der Waals surface area contributed by atoms with Gasteiger partial charge in [0.15, 0.2) is 0 Å². The van der Waals surface area contributed by atoms with Crippen LogP contribution in [0.3, 0.4) is 0 Å². The van der Waals surface area contributed by atoms with Crippen LogP contribution in [0.15, 0.2) is 48.2 Å². The van der Waals surface area contributed by atoms with Crippen LogP contribution >= 0.6 is 0 Å². The van der Waals surface area contributed by atoms with Crippen LogP contribution in [0.25, 0.3) is 10.9 Å². The minimum absolute atomic E-state index is 0.0259. The first-order valence-corrected chi connectivity index (χ1v) is 9.61. The molecule has 0 unspecified atom stereocenters. The van der Waals surface area contributed by atoms with Crippen LogP contribution in [0.5, 0.6) is 0 Å². The van der Waals surface area contributed by atoms with Gasteiger partial charge in [0.05, 0.1) is 17.0 Å². The molecule has 2 bridgehead atoms. The Morgan fingerprint density at radius 2 is 2.04 bits per heavy atom. The molecule has 3 fully saturated rings. The number of benzene rings is 1. The van der Waals surface area contributed by atoms with Crippen molar-refractivity contribution in [2.24, 2.45) is 5.92 Å². The van der Waals surface area contributed by atoms with Gasteiger partial charge in [-0.1, -0.05) is 29.8 Å². The Bertz CT molecular complexity index is 917. The molecule has 5 nitrogen and oxygen atoms in total. The molecule has 2 amide bonds. The predicted octanol–water partition coefficient (Wildman–Crippen LogP) is 3.26. The normalized spacial score (nSPS) is 22.1. The second-order valence-corrected chi connectivity index (χ2v) is 7.83. The van der Waals surface area contributed by atoms with Crippen molar-refractivity contribution < 1.29 is 9.59 Å². The maximum absolute atomic E-state index is 13.1. The summed E-state index contributed by atoms with van der Waals surface area (Å²) in [7, 11) is 0. The molecule has 5 rings (SSSR count). The first-order chi connectivity index (χ1) is 13.0. The molecule has 3 aliphatic rings. The number of para-hydroxylation sites is 1. The highest BCUT2D eigenvalue weighted by Crippen LogP contribution is 2.30. The Hall–Kier alpha value is -2.69. The summed E-state index contributed by atoms with van der Waals surface area (Å²) in [6.07, 6.45) is 5.58. The summed E-state index contributed by atoms with van der Waals surface area (Å²) < 4.78 is 0. The van der Waals surface area contributed by atoms with Gasteiger partial charge in [-0.3, -0.25) is 14.6 Å². The average Bonchev–Trinajstić information content (AvgIpc) is 2.96. The number of carbonyl (C=O) groups is 2. The quantitative estimate of drug-likeness (QED) is 0.787. The highest BCUT2D eigenvalue weighted by Gasteiger charge is 2.41. The molecule has 2 atom stereocenters. The first-order valence-electron chi connectivity index (χ1n) is 9.61. The van der Waals surface area contributed by atoms with Gasteiger partial charge in [-0.25, -0.2) is 0 Å². The average molecular weight is 363 g/mol. The van der Waals surface area contributed by atoms with Gasteiger partial charge < -0.3 is 9.80 Å². The van der Waals surface area contributed by atoms with E-state index in [0.717, 1.165) is 23.7 Å². The third kappa shape index (κ3) is 3.46. The highest BCUT2D eigenvalue weighted by molar-refractivity contribution is 5.97. The molecule has 0 spiro atoms. The van der Waals surface area contributed by atoms with Crippen molar-refractivity contribution in [2.45, 2.75) is 32.7 Å². The lowest BCUT2D eigenvalue weighted by Crippen LogP contribution is -2.48. The topological polar surface area (TPSA) is 53.5 Å². The zero-order valence-electron chi connectivity index (χ0n) is 15.9. The number of amides is 2. The van der Waals surface area contributed by atoms with E-state index < -0.39 is 0 Å². The zero-order valence-corrected chi connectivity index (χ0v) is 15.9.